The molecule has 2 heterocycles. The minimum absolute atomic E-state index is 0.584. The summed E-state index contributed by atoms with van der Waals surface area (Å²) in [6.45, 7) is 7.53. The van der Waals surface area contributed by atoms with Gasteiger partial charge in [-0.05, 0) is 32.9 Å². The van der Waals surface area contributed by atoms with Crippen molar-refractivity contribution in [3.63, 3.8) is 0 Å². The fourth-order valence-corrected chi connectivity index (χ4v) is 3.03. The summed E-state index contributed by atoms with van der Waals surface area (Å²) in [5.74, 6) is 1.55. The third kappa shape index (κ3) is 3.09. The predicted molar refractivity (Wildman–Crippen MR) is 76.4 cm³/mol. The lowest BCUT2D eigenvalue weighted by Gasteiger charge is -2.35. The van der Waals surface area contributed by atoms with E-state index < -0.39 is 0 Å². The van der Waals surface area contributed by atoms with Crippen molar-refractivity contribution in [3.05, 3.63) is 11.3 Å². The van der Waals surface area contributed by atoms with Crippen molar-refractivity contribution >= 4 is 0 Å². The van der Waals surface area contributed by atoms with E-state index in [0.717, 1.165) is 18.1 Å². The minimum atomic E-state index is 0.584. The maximum Gasteiger partial charge on any atom is 0.216 e. The molecule has 5 heteroatoms. The molecule has 5 nitrogen and oxygen atoms in total. The van der Waals surface area contributed by atoms with E-state index in [1.54, 1.807) is 7.11 Å². The number of methoxy groups -OCH3 is 1. The Morgan fingerprint density at radius 1 is 1.42 bits per heavy atom. The molecule has 2 rings (SSSR count). The average Bonchev–Trinajstić information content (AvgIpc) is 2.62. The van der Waals surface area contributed by atoms with Gasteiger partial charge in [-0.1, -0.05) is 6.92 Å². The molecule has 1 fully saturated rings. The molecule has 19 heavy (non-hydrogen) atoms. The fraction of sp³-hybridized carbons (Fsp3) is 0.786. The van der Waals surface area contributed by atoms with Gasteiger partial charge >= 0.3 is 0 Å². The van der Waals surface area contributed by atoms with Crippen molar-refractivity contribution in [1.29, 1.82) is 0 Å². The Hall–Kier alpha value is -1.07. The van der Waals surface area contributed by atoms with Crippen LogP contribution in [-0.4, -0.2) is 48.0 Å². The summed E-state index contributed by atoms with van der Waals surface area (Å²) >= 11 is 0. The van der Waals surface area contributed by atoms with Crippen molar-refractivity contribution in [3.8, 4) is 5.88 Å². The quantitative estimate of drug-likeness (QED) is 0.888. The highest BCUT2D eigenvalue weighted by molar-refractivity contribution is 5.30. The molecule has 1 aliphatic heterocycles. The van der Waals surface area contributed by atoms with Crippen LogP contribution < -0.4 is 10.1 Å². The summed E-state index contributed by atoms with van der Waals surface area (Å²) < 4.78 is 7.24. The van der Waals surface area contributed by atoms with Gasteiger partial charge in [-0.15, -0.1) is 0 Å². The zero-order valence-electron chi connectivity index (χ0n) is 12.7. The summed E-state index contributed by atoms with van der Waals surface area (Å²) in [7, 11) is 5.83. The minimum Gasteiger partial charge on any atom is -0.481 e. The first-order valence-corrected chi connectivity index (χ1v) is 7.01. The number of likely N-dealkylation sites (tertiary alicyclic amines) is 1. The first-order valence-electron chi connectivity index (χ1n) is 7.01. The largest absolute Gasteiger partial charge is 0.481 e. The zero-order valence-corrected chi connectivity index (χ0v) is 12.7. The van der Waals surface area contributed by atoms with Gasteiger partial charge < -0.3 is 15.0 Å². The highest BCUT2D eigenvalue weighted by Gasteiger charge is 2.24. The number of piperidine rings is 1. The normalized spacial score (nSPS) is 24.7. The number of hydrogen-bond donors (Lipinski definition) is 1. The Balaban J connectivity index is 1.99. The number of nitrogens with one attached hydrogen (secondary N) is 1. The maximum absolute atomic E-state index is 5.43. The van der Waals surface area contributed by atoms with E-state index >= 15 is 0 Å². The van der Waals surface area contributed by atoms with E-state index in [4.69, 9.17) is 4.74 Å². The molecule has 1 saturated heterocycles. The van der Waals surface area contributed by atoms with Gasteiger partial charge in [-0.2, -0.15) is 5.10 Å². The molecular formula is C14H26N4O. The van der Waals surface area contributed by atoms with Crippen molar-refractivity contribution in [1.82, 2.24) is 20.0 Å². The lowest BCUT2D eigenvalue weighted by atomic mass is 9.94. The zero-order chi connectivity index (χ0) is 14.0. The van der Waals surface area contributed by atoms with Crippen LogP contribution in [0, 0.1) is 12.8 Å². The van der Waals surface area contributed by atoms with Crippen LogP contribution in [0.5, 0.6) is 5.88 Å². The van der Waals surface area contributed by atoms with Gasteiger partial charge in [0, 0.05) is 26.2 Å². The van der Waals surface area contributed by atoms with Crippen LogP contribution in [0.4, 0.5) is 0 Å². The molecule has 1 N–H and O–H groups in total. The van der Waals surface area contributed by atoms with Crippen LogP contribution in [-0.2, 0) is 13.6 Å². The number of nitrogens with zero attached hydrogens (tertiary/aromatic N) is 3. The molecule has 108 valence electrons. The Morgan fingerprint density at radius 3 is 2.79 bits per heavy atom. The van der Waals surface area contributed by atoms with Crippen LogP contribution in [0.25, 0.3) is 0 Å². The van der Waals surface area contributed by atoms with Crippen LogP contribution in [0.3, 0.4) is 0 Å². The number of hydrogen-bond acceptors (Lipinski definition) is 4. The molecule has 0 radical (unpaired) electrons. The van der Waals surface area contributed by atoms with Crippen molar-refractivity contribution < 1.29 is 4.74 Å². The number of ether oxygens (including phenoxy) is 1. The van der Waals surface area contributed by atoms with E-state index in [1.165, 1.54) is 25.1 Å². The van der Waals surface area contributed by atoms with Gasteiger partial charge in [0.15, 0.2) is 0 Å². The van der Waals surface area contributed by atoms with Gasteiger partial charge in [0.2, 0.25) is 5.88 Å². The summed E-state index contributed by atoms with van der Waals surface area (Å²) in [5.41, 5.74) is 2.23. The SMILES string of the molecule is COc1c(CNC2CCN(C)CC2C)c(C)nn1C. The Kier molecular flexibility index (Phi) is 4.47. The van der Waals surface area contributed by atoms with Crippen LogP contribution in [0.2, 0.25) is 0 Å². The Morgan fingerprint density at radius 2 is 2.16 bits per heavy atom. The van der Waals surface area contributed by atoms with Gasteiger partial charge in [0.05, 0.1) is 18.4 Å². The molecule has 0 aliphatic carbocycles. The molecule has 0 aromatic carbocycles. The molecule has 0 amide bonds. The molecule has 2 unspecified atom stereocenters. The highest BCUT2D eigenvalue weighted by atomic mass is 16.5. The van der Waals surface area contributed by atoms with Crippen molar-refractivity contribution in [2.24, 2.45) is 13.0 Å². The van der Waals surface area contributed by atoms with Crippen molar-refractivity contribution in [2.75, 3.05) is 27.2 Å². The smallest absolute Gasteiger partial charge is 0.216 e. The van der Waals surface area contributed by atoms with Gasteiger partial charge in [0.25, 0.3) is 0 Å². The second-order valence-corrected chi connectivity index (χ2v) is 5.71. The summed E-state index contributed by atoms with van der Waals surface area (Å²) in [4.78, 5) is 2.40. The Labute approximate surface area is 115 Å². The average molecular weight is 266 g/mol. The number of aryl methyl sites for hydroxylation is 2. The first kappa shape index (κ1) is 14.3. The molecule has 0 bridgehead atoms. The monoisotopic (exact) mass is 266 g/mol. The number of aromatic nitrogens is 2. The topological polar surface area (TPSA) is 42.3 Å². The highest BCUT2D eigenvalue weighted by Crippen LogP contribution is 2.22. The maximum atomic E-state index is 5.43. The third-order valence-corrected chi connectivity index (χ3v) is 4.13. The number of rotatable bonds is 4. The van der Waals surface area contributed by atoms with E-state index in [9.17, 15) is 0 Å². The predicted octanol–water partition coefficient (Wildman–Crippen LogP) is 1.17. The van der Waals surface area contributed by atoms with Gasteiger partial charge in [-0.3, -0.25) is 0 Å². The molecule has 0 saturated carbocycles. The first-order chi connectivity index (χ1) is 9.02. The van der Waals surface area contributed by atoms with E-state index in [0.29, 0.717) is 12.0 Å². The standard InChI is InChI=1S/C14H26N4O/c1-10-9-17(3)7-6-13(10)15-8-12-11(2)16-18(4)14(12)19-5/h10,13,15H,6-9H2,1-5H3. The van der Waals surface area contributed by atoms with Crippen LogP contribution >= 0.6 is 0 Å². The molecule has 1 aromatic rings. The van der Waals surface area contributed by atoms with E-state index in [2.05, 4.69) is 29.3 Å². The second-order valence-electron chi connectivity index (χ2n) is 5.71. The molecule has 0 spiro atoms. The Bertz CT molecular complexity index is 429. The second kappa shape index (κ2) is 5.92. The summed E-state index contributed by atoms with van der Waals surface area (Å²) in [6.07, 6.45) is 1.21. The summed E-state index contributed by atoms with van der Waals surface area (Å²) in [6, 6.07) is 0.584. The van der Waals surface area contributed by atoms with Crippen molar-refractivity contribution in [2.45, 2.75) is 32.9 Å². The van der Waals surface area contributed by atoms with E-state index in [-0.39, 0.29) is 0 Å². The molecule has 2 atom stereocenters. The fourth-order valence-electron chi connectivity index (χ4n) is 3.03. The molecule has 1 aliphatic rings. The van der Waals surface area contributed by atoms with E-state index in [1.807, 2.05) is 18.7 Å². The molecule has 1 aromatic heterocycles. The summed E-state index contributed by atoms with van der Waals surface area (Å²) in [5, 5.41) is 8.10. The van der Waals surface area contributed by atoms with Gasteiger partial charge in [-0.25, -0.2) is 4.68 Å². The van der Waals surface area contributed by atoms with Crippen LogP contribution in [0.1, 0.15) is 24.6 Å². The third-order valence-electron chi connectivity index (χ3n) is 4.13. The lowest BCUT2D eigenvalue weighted by Crippen LogP contribution is -2.46. The molecular weight excluding hydrogens is 240 g/mol. The lowest BCUT2D eigenvalue weighted by molar-refractivity contribution is 0.174. The van der Waals surface area contributed by atoms with Gasteiger partial charge in [0.1, 0.15) is 0 Å². The van der Waals surface area contributed by atoms with Crippen LogP contribution in [0.15, 0.2) is 0 Å².